The highest BCUT2D eigenvalue weighted by Crippen LogP contribution is 2.52. The predicted molar refractivity (Wildman–Crippen MR) is 115 cm³/mol. The molecule has 0 saturated heterocycles. The number of methoxy groups -OCH3 is 3. The maximum Gasteiger partial charge on any atom is 0.308 e. The minimum absolute atomic E-state index is 0.126. The highest BCUT2D eigenvalue weighted by atomic mass is 16.6. The van der Waals surface area contributed by atoms with Gasteiger partial charge in [0, 0.05) is 18.7 Å². The van der Waals surface area contributed by atoms with Crippen molar-refractivity contribution in [3.63, 3.8) is 0 Å². The van der Waals surface area contributed by atoms with Gasteiger partial charge in [-0.05, 0) is 23.8 Å². The minimum Gasteiger partial charge on any atom is -0.497 e. The van der Waals surface area contributed by atoms with E-state index in [0.29, 0.717) is 35.1 Å². The maximum absolute atomic E-state index is 11.7. The number of nitrogens with zero attached hydrogens (tertiary/aromatic N) is 1. The number of hydrogen-bond acceptors (Lipinski definition) is 7. The van der Waals surface area contributed by atoms with Crippen LogP contribution < -0.4 is 23.7 Å². The second kappa shape index (κ2) is 9.72. The zero-order chi connectivity index (χ0) is 22.4. The molecule has 3 aromatic rings. The molecular formula is C24H23NO6. The average molecular weight is 421 g/mol. The Labute approximate surface area is 180 Å². The second-order valence-electron chi connectivity index (χ2n) is 6.60. The number of rotatable bonds is 8. The number of ether oxygens (including phenoxy) is 5. The molecule has 0 aromatic heterocycles. The summed E-state index contributed by atoms with van der Waals surface area (Å²) in [6, 6.07) is 15.0. The number of fused-ring (bicyclic) bond motifs is 1. The first-order valence-corrected chi connectivity index (χ1v) is 9.58. The van der Waals surface area contributed by atoms with E-state index in [0.717, 1.165) is 11.3 Å². The lowest BCUT2D eigenvalue weighted by Crippen LogP contribution is -2.08. The molecule has 3 rings (SSSR count). The van der Waals surface area contributed by atoms with Crippen molar-refractivity contribution in [2.75, 3.05) is 27.9 Å². The van der Waals surface area contributed by atoms with E-state index in [1.807, 2.05) is 24.3 Å². The van der Waals surface area contributed by atoms with Crippen molar-refractivity contribution >= 4 is 16.7 Å². The Kier molecular flexibility index (Phi) is 6.83. The van der Waals surface area contributed by atoms with Crippen molar-refractivity contribution in [3.05, 3.63) is 53.6 Å². The van der Waals surface area contributed by atoms with Crippen molar-refractivity contribution in [3.8, 4) is 34.8 Å². The third kappa shape index (κ3) is 4.48. The predicted octanol–water partition coefficient (Wildman–Crippen LogP) is 4.28. The van der Waals surface area contributed by atoms with E-state index in [4.69, 9.17) is 23.7 Å². The van der Waals surface area contributed by atoms with Gasteiger partial charge < -0.3 is 23.7 Å². The molecule has 0 N–H and O–H groups in total. The molecule has 0 bridgehead atoms. The summed E-state index contributed by atoms with van der Waals surface area (Å²) < 4.78 is 27.8. The van der Waals surface area contributed by atoms with Crippen molar-refractivity contribution < 1.29 is 28.5 Å². The van der Waals surface area contributed by atoms with Crippen LogP contribution in [0.4, 0.5) is 0 Å². The van der Waals surface area contributed by atoms with Crippen molar-refractivity contribution in [1.82, 2.24) is 0 Å². The molecule has 0 radical (unpaired) electrons. The summed E-state index contributed by atoms with van der Waals surface area (Å²) in [5, 5.41) is 10.6. The summed E-state index contributed by atoms with van der Waals surface area (Å²) in [7, 11) is 4.54. The molecule has 0 aliphatic carbocycles. The second-order valence-corrected chi connectivity index (χ2v) is 6.60. The van der Waals surface area contributed by atoms with Gasteiger partial charge in [-0.3, -0.25) is 4.79 Å². The van der Waals surface area contributed by atoms with Gasteiger partial charge in [-0.15, -0.1) is 0 Å². The van der Waals surface area contributed by atoms with Gasteiger partial charge in [0.25, 0.3) is 0 Å². The van der Waals surface area contributed by atoms with Crippen LogP contribution in [-0.2, 0) is 11.2 Å². The van der Waals surface area contributed by atoms with E-state index in [-0.39, 0.29) is 17.2 Å². The van der Waals surface area contributed by atoms with Gasteiger partial charge in [-0.1, -0.05) is 24.3 Å². The largest absolute Gasteiger partial charge is 0.497 e. The Hall–Kier alpha value is -3.92. The normalized spacial score (nSPS) is 10.3. The summed E-state index contributed by atoms with van der Waals surface area (Å²) in [5.74, 6) is 1.26. The molecule has 0 aliphatic rings. The van der Waals surface area contributed by atoms with Crippen molar-refractivity contribution in [2.45, 2.75) is 13.3 Å². The Morgan fingerprint density at radius 2 is 1.58 bits per heavy atom. The molecule has 0 spiro atoms. The minimum atomic E-state index is -0.539. The number of hydrogen-bond donors (Lipinski definition) is 0. The van der Waals surface area contributed by atoms with Gasteiger partial charge in [0.1, 0.15) is 5.75 Å². The Bertz CT molecular complexity index is 1130. The molecule has 0 atom stereocenters. The van der Waals surface area contributed by atoms with Gasteiger partial charge in [0.05, 0.1) is 45.0 Å². The summed E-state index contributed by atoms with van der Waals surface area (Å²) in [6.45, 7) is 1.64. The Morgan fingerprint density at radius 3 is 2.16 bits per heavy atom. The summed E-state index contributed by atoms with van der Waals surface area (Å²) >= 11 is 0. The first-order chi connectivity index (χ1) is 15.0. The lowest BCUT2D eigenvalue weighted by molar-refractivity contribution is -0.131. The number of esters is 1. The maximum atomic E-state index is 11.7. The van der Waals surface area contributed by atoms with Crippen LogP contribution in [0.1, 0.15) is 18.1 Å². The van der Waals surface area contributed by atoms with Crippen LogP contribution >= 0.6 is 0 Å². The fourth-order valence-electron chi connectivity index (χ4n) is 3.34. The molecule has 0 aliphatic heterocycles. The monoisotopic (exact) mass is 421 g/mol. The molecule has 3 aromatic carbocycles. The topological polar surface area (TPSA) is 87.0 Å². The summed E-state index contributed by atoms with van der Waals surface area (Å²) in [4.78, 5) is 11.7. The van der Waals surface area contributed by atoms with Gasteiger partial charge in [-0.2, -0.15) is 5.26 Å². The van der Waals surface area contributed by atoms with Crippen LogP contribution in [-0.4, -0.2) is 33.9 Å². The van der Waals surface area contributed by atoms with Gasteiger partial charge in [0.2, 0.25) is 11.5 Å². The van der Waals surface area contributed by atoms with Crippen LogP contribution in [0.2, 0.25) is 0 Å². The number of carbonyl (C=O) groups excluding carboxylic acids is 1. The fourth-order valence-corrected chi connectivity index (χ4v) is 3.34. The highest BCUT2D eigenvalue weighted by molar-refractivity contribution is 6.03. The van der Waals surface area contributed by atoms with E-state index >= 15 is 0 Å². The zero-order valence-corrected chi connectivity index (χ0v) is 17.9. The molecular weight excluding hydrogens is 398 g/mol. The summed E-state index contributed by atoms with van der Waals surface area (Å²) in [5.41, 5.74) is 1.40. The lowest BCUT2D eigenvalue weighted by atomic mass is 10.0. The van der Waals surface area contributed by atoms with Crippen LogP contribution in [0.15, 0.2) is 42.5 Å². The van der Waals surface area contributed by atoms with E-state index in [9.17, 15) is 10.1 Å². The van der Waals surface area contributed by atoms with E-state index in [1.54, 1.807) is 25.3 Å². The van der Waals surface area contributed by atoms with Crippen LogP contribution in [0.25, 0.3) is 10.8 Å². The van der Waals surface area contributed by atoms with E-state index in [1.165, 1.54) is 21.1 Å². The van der Waals surface area contributed by atoms with Gasteiger partial charge >= 0.3 is 5.97 Å². The van der Waals surface area contributed by atoms with Gasteiger partial charge in [-0.25, -0.2) is 0 Å². The molecule has 0 unspecified atom stereocenters. The van der Waals surface area contributed by atoms with Crippen molar-refractivity contribution in [2.24, 2.45) is 0 Å². The van der Waals surface area contributed by atoms with Crippen LogP contribution in [0.5, 0.6) is 28.7 Å². The van der Waals surface area contributed by atoms with Crippen LogP contribution in [0.3, 0.4) is 0 Å². The van der Waals surface area contributed by atoms with Crippen molar-refractivity contribution in [1.29, 1.82) is 5.26 Å². The van der Waals surface area contributed by atoms with Gasteiger partial charge in [0.15, 0.2) is 11.5 Å². The van der Waals surface area contributed by atoms with E-state index < -0.39 is 5.97 Å². The molecule has 7 heteroatoms. The number of nitriles is 1. The zero-order valence-electron chi connectivity index (χ0n) is 17.9. The molecule has 31 heavy (non-hydrogen) atoms. The average Bonchev–Trinajstić information content (AvgIpc) is 2.79. The first kappa shape index (κ1) is 21.8. The summed E-state index contributed by atoms with van der Waals surface area (Å²) in [6.07, 6.45) is 0.639. The third-order valence-corrected chi connectivity index (χ3v) is 4.73. The quantitative estimate of drug-likeness (QED) is 0.396. The molecule has 160 valence electrons. The molecule has 0 heterocycles. The van der Waals surface area contributed by atoms with Crippen LogP contribution in [0, 0.1) is 11.3 Å². The fraction of sp³-hybridized carbons (Fsp3) is 0.250. The molecule has 0 amide bonds. The molecule has 0 fully saturated rings. The number of benzene rings is 3. The molecule has 0 saturated carbocycles. The van der Waals surface area contributed by atoms with E-state index in [2.05, 4.69) is 6.07 Å². The smallest absolute Gasteiger partial charge is 0.308 e. The Morgan fingerprint density at radius 1 is 0.903 bits per heavy atom. The third-order valence-electron chi connectivity index (χ3n) is 4.73. The SMILES string of the molecule is COc1ccc(CCOc2c(OC)c(OC)c(OC(C)=O)c3c(C#N)cccc23)cc1. The lowest BCUT2D eigenvalue weighted by Gasteiger charge is -2.20. The standard InChI is InChI=1S/C24H23NO6/c1-15(26)31-22-20-17(14-25)6-5-7-19(20)21(23(28-3)24(22)29-4)30-13-12-16-8-10-18(27-2)11-9-16/h5-11H,12-13H2,1-4H3. The highest BCUT2D eigenvalue weighted by Gasteiger charge is 2.26. The first-order valence-electron chi connectivity index (χ1n) is 9.58. The number of carbonyl (C=O) groups is 1. The molecule has 7 nitrogen and oxygen atoms in total. The Balaban J connectivity index is 2.07.